The van der Waals surface area contributed by atoms with E-state index in [2.05, 4.69) is 181 Å². The Balaban J connectivity index is 1.21. The van der Waals surface area contributed by atoms with Crippen LogP contribution in [0.5, 0.6) is 0 Å². The summed E-state index contributed by atoms with van der Waals surface area (Å²) < 4.78 is 13.4. The normalized spacial score (nSPS) is 11.7. The maximum atomic E-state index is 6.95. The van der Waals surface area contributed by atoms with Crippen LogP contribution in [0.4, 0.5) is 17.1 Å². The molecule has 0 amide bonds. The highest BCUT2D eigenvalue weighted by molar-refractivity contribution is 6.68. The minimum Gasteiger partial charge on any atom is -0.457 e. The van der Waals surface area contributed by atoms with E-state index < -0.39 is 0 Å². The predicted octanol–water partition coefficient (Wildman–Crippen LogP) is 1.25. The quantitative estimate of drug-likeness (QED) is 0.252. The van der Waals surface area contributed by atoms with E-state index in [1.54, 1.807) is 0 Å². The first kappa shape index (κ1) is 34.4. The van der Waals surface area contributed by atoms with Gasteiger partial charge in [-0.2, -0.15) is 0 Å². The summed E-state index contributed by atoms with van der Waals surface area (Å²) in [5, 5.41) is 7.13. The molecule has 0 N–H and O–H groups in total. The van der Waals surface area contributed by atoms with Crippen molar-refractivity contribution in [1.29, 1.82) is 0 Å². The maximum Gasteiger partial charge on any atom is 0.143 e. The number of nitrogens with zero attached hydrogens (tertiary/aromatic N) is 1. The van der Waals surface area contributed by atoms with E-state index in [9.17, 15) is 0 Å². The van der Waals surface area contributed by atoms with E-state index in [1.807, 2.05) is 12.1 Å². The average molecular weight is 710 g/mol. The van der Waals surface area contributed by atoms with Crippen LogP contribution >= 0.6 is 0 Å². The Bertz CT molecular complexity index is 3220. The van der Waals surface area contributed by atoms with Gasteiger partial charge in [-0.1, -0.05) is 136 Å². The number of furan rings is 2. The summed E-state index contributed by atoms with van der Waals surface area (Å²) in [6.07, 6.45) is 0. The van der Waals surface area contributed by atoms with Crippen molar-refractivity contribution < 1.29 is 8.83 Å². The van der Waals surface area contributed by atoms with Gasteiger partial charge in [0.2, 0.25) is 0 Å². The van der Waals surface area contributed by atoms with Gasteiger partial charge in [0.15, 0.2) is 0 Å². The number of rotatable bonds is 5. The average Bonchev–Trinajstić information content (AvgIpc) is 3.83. The van der Waals surface area contributed by atoms with Crippen molar-refractivity contribution in [3.05, 3.63) is 133 Å². The third kappa shape index (κ3) is 5.08. The summed E-state index contributed by atoms with van der Waals surface area (Å²) in [7, 11) is 15.6. The zero-order chi connectivity index (χ0) is 38.4. The lowest BCUT2D eigenvalue weighted by molar-refractivity contribution is 0.670. The lowest BCUT2D eigenvalue weighted by Gasteiger charge is -2.30. The second kappa shape index (κ2) is 13.0. The van der Waals surface area contributed by atoms with Crippen molar-refractivity contribution in [2.75, 3.05) is 4.90 Å². The molecule has 56 heavy (non-hydrogen) atoms. The van der Waals surface area contributed by atoms with Gasteiger partial charge in [-0.25, -0.2) is 0 Å². The first-order valence-corrected chi connectivity index (χ1v) is 19.5. The Morgan fingerprint density at radius 3 is 1.59 bits per heavy atom. The Hall–Kier alpha value is -6.13. The van der Waals surface area contributed by atoms with Crippen LogP contribution < -0.4 is 43.1 Å². The molecule has 0 radical (unpaired) electrons. The van der Waals surface area contributed by atoms with Crippen molar-refractivity contribution in [1.82, 2.24) is 0 Å². The lowest BCUT2D eigenvalue weighted by atomic mass is 9.65. The molecule has 0 fully saturated rings. The Morgan fingerprint density at radius 1 is 0.357 bits per heavy atom. The Labute approximate surface area is 332 Å². The molecular formula is C46H36B7NO2. The maximum absolute atomic E-state index is 6.95. The van der Waals surface area contributed by atoms with Crippen LogP contribution in [-0.4, -0.2) is 54.9 Å². The minimum absolute atomic E-state index is 0.905. The van der Waals surface area contributed by atoms with E-state index in [4.69, 9.17) is 8.83 Å². The molecule has 0 saturated heterocycles. The number of hydrogen-bond acceptors (Lipinski definition) is 3. The SMILES string of the molecule is Bc1c(B)c(B)c2c(oc3c(B)c(B)c(B)c(N(c4ccc(-c5cccc6ccccc56)cc4)c4ccc(-c5cccc6c5oc5ccccc56)cc4)c32)c1B. The van der Waals surface area contributed by atoms with Crippen molar-refractivity contribution in [3.8, 4) is 22.3 Å². The molecule has 3 nitrogen and oxygen atoms in total. The highest BCUT2D eigenvalue weighted by Crippen LogP contribution is 2.42. The predicted molar refractivity (Wildman–Crippen MR) is 261 cm³/mol. The van der Waals surface area contributed by atoms with Gasteiger partial charge in [0.05, 0.1) is 11.1 Å². The first-order chi connectivity index (χ1) is 27.2. The van der Waals surface area contributed by atoms with Gasteiger partial charge in [-0.3, -0.25) is 0 Å². The lowest BCUT2D eigenvalue weighted by Crippen LogP contribution is -2.47. The van der Waals surface area contributed by atoms with Gasteiger partial charge in [-0.15, -0.1) is 5.46 Å². The molecule has 258 valence electrons. The zero-order valence-corrected chi connectivity index (χ0v) is 33.0. The van der Waals surface area contributed by atoms with Crippen molar-refractivity contribution >= 4 is 165 Å². The molecule has 10 rings (SSSR count). The van der Waals surface area contributed by atoms with Gasteiger partial charge in [0, 0.05) is 33.1 Å². The van der Waals surface area contributed by atoms with Crippen molar-refractivity contribution in [2.45, 2.75) is 0 Å². The first-order valence-electron chi connectivity index (χ1n) is 19.5. The van der Waals surface area contributed by atoms with Crippen molar-refractivity contribution in [2.24, 2.45) is 0 Å². The number of para-hydroxylation sites is 2. The third-order valence-electron chi connectivity index (χ3n) is 12.7. The van der Waals surface area contributed by atoms with Gasteiger partial charge >= 0.3 is 0 Å². The van der Waals surface area contributed by atoms with E-state index >= 15 is 0 Å². The highest BCUT2D eigenvalue weighted by Gasteiger charge is 2.27. The van der Waals surface area contributed by atoms with Gasteiger partial charge in [-0.05, 0) is 57.8 Å². The number of benzene rings is 8. The fraction of sp³-hybridized carbons (Fsp3) is 0. The molecule has 0 unspecified atom stereocenters. The molecule has 10 heteroatoms. The summed E-state index contributed by atoms with van der Waals surface area (Å²) >= 11 is 0. The highest BCUT2D eigenvalue weighted by atomic mass is 16.3. The van der Waals surface area contributed by atoms with Crippen LogP contribution in [0, 0.1) is 0 Å². The van der Waals surface area contributed by atoms with E-state index in [1.165, 1.54) is 70.9 Å². The molecule has 0 aliphatic carbocycles. The summed E-state index contributed by atoms with van der Waals surface area (Å²) in [5.74, 6) is 0. The van der Waals surface area contributed by atoms with Crippen LogP contribution in [0.2, 0.25) is 0 Å². The monoisotopic (exact) mass is 711 g/mol. The molecule has 10 aromatic rings. The third-order valence-corrected chi connectivity index (χ3v) is 12.7. The number of fused-ring (bicyclic) bond motifs is 7. The van der Waals surface area contributed by atoms with Gasteiger partial charge in [0.25, 0.3) is 0 Å². The fourth-order valence-corrected chi connectivity index (χ4v) is 9.00. The topological polar surface area (TPSA) is 29.5 Å². The second-order valence-electron chi connectivity index (χ2n) is 15.5. The molecule has 0 aliphatic rings. The molecule has 0 bridgehead atoms. The molecule has 0 saturated carbocycles. The van der Waals surface area contributed by atoms with Gasteiger partial charge in [0.1, 0.15) is 77.3 Å². The molecular weight excluding hydrogens is 674 g/mol. The van der Waals surface area contributed by atoms with Crippen LogP contribution in [0.3, 0.4) is 0 Å². The summed E-state index contributed by atoms with van der Waals surface area (Å²) in [6.45, 7) is 0. The molecule has 0 spiro atoms. The van der Waals surface area contributed by atoms with Crippen LogP contribution in [0.15, 0.2) is 142 Å². The van der Waals surface area contributed by atoms with E-state index in [0.29, 0.717) is 0 Å². The van der Waals surface area contributed by atoms with E-state index in [0.717, 1.165) is 61.3 Å². The van der Waals surface area contributed by atoms with Crippen LogP contribution in [0.1, 0.15) is 0 Å². The smallest absolute Gasteiger partial charge is 0.143 e. The standard InChI is InChI=1S/C46H36B7NO2/c47-36-34-35-43(40(51)39(50)42(53)46(35)56-45(34)41(52)38(49)37(36)48)54(26-19-15-24(16-20-26)29-11-5-8-23-7-1-2-9-28(23)29)27-21-17-25(18-22-27)30-12-6-13-32-31-10-3-4-14-33(31)55-44(30)32/h1-22H,47-53H2. The summed E-state index contributed by atoms with van der Waals surface area (Å²) in [4.78, 5) is 2.45. The second-order valence-corrected chi connectivity index (χ2v) is 15.5. The molecule has 0 atom stereocenters. The molecule has 2 aromatic heterocycles. The summed E-state index contributed by atoms with van der Waals surface area (Å²) in [5.41, 5.74) is 20.4. The van der Waals surface area contributed by atoms with Crippen molar-refractivity contribution in [3.63, 3.8) is 0 Å². The summed E-state index contributed by atoms with van der Waals surface area (Å²) in [6, 6.07) is 48.0. The Morgan fingerprint density at radius 2 is 0.875 bits per heavy atom. The van der Waals surface area contributed by atoms with Crippen LogP contribution in [0.25, 0.3) is 76.9 Å². The minimum atomic E-state index is 0.905. The fourth-order valence-electron chi connectivity index (χ4n) is 9.00. The number of anilines is 3. The molecule has 8 aromatic carbocycles. The Kier molecular flexibility index (Phi) is 7.97. The number of hydrogen-bond donors (Lipinski definition) is 0. The molecule has 2 heterocycles. The zero-order valence-electron chi connectivity index (χ0n) is 33.0. The molecule has 0 aliphatic heterocycles. The van der Waals surface area contributed by atoms with Crippen LogP contribution in [-0.2, 0) is 0 Å². The largest absolute Gasteiger partial charge is 0.457 e. The van der Waals surface area contributed by atoms with Gasteiger partial charge < -0.3 is 13.7 Å². The van der Waals surface area contributed by atoms with E-state index in [-0.39, 0.29) is 0 Å².